The summed E-state index contributed by atoms with van der Waals surface area (Å²) in [6, 6.07) is 6.12. The van der Waals surface area contributed by atoms with Gasteiger partial charge >= 0.3 is 0 Å². The third-order valence-corrected chi connectivity index (χ3v) is 4.32. The van der Waals surface area contributed by atoms with Gasteiger partial charge in [0.15, 0.2) is 5.82 Å². The molecule has 0 N–H and O–H groups in total. The summed E-state index contributed by atoms with van der Waals surface area (Å²) in [6.07, 6.45) is 0.739. The van der Waals surface area contributed by atoms with Crippen LogP contribution in [0.4, 0.5) is 15.9 Å². The highest BCUT2D eigenvalue weighted by Crippen LogP contribution is 2.35. The van der Waals surface area contributed by atoms with Crippen molar-refractivity contribution in [1.82, 2.24) is 9.97 Å². The molecule has 1 aromatic carbocycles. The number of rotatable bonds is 5. The van der Waals surface area contributed by atoms with Crippen LogP contribution < -0.4 is 4.90 Å². The van der Waals surface area contributed by atoms with Crippen molar-refractivity contribution in [1.29, 1.82) is 0 Å². The van der Waals surface area contributed by atoms with Gasteiger partial charge in [0.1, 0.15) is 11.0 Å². The molecule has 0 saturated carbocycles. The van der Waals surface area contributed by atoms with E-state index < -0.39 is 0 Å². The van der Waals surface area contributed by atoms with Crippen molar-refractivity contribution in [3.05, 3.63) is 57.1 Å². The molecule has 2 rings (SSSR count). The van der Waals surface area contributed by atoms with Crippen molar-refractivity contribution in [2.75, 3.05) is 11.4 Å². The Morgan fingerprint density at radius 1 is 1.27 bits per heavy atom. The van der Waals surface area contributed by atoms with E-state index in [1.54, 1.807) is 12.1 Å². The second-order valence-corrected chi connectivity index (χ2v) is 6.25. The first kappa shape index (κ1) is 17.2. The van der Waals surface area contributed by atoms with Crippen LogP contribution in [0, 0.1) is 5.82 Å². The van der Waals surface area contributed by atoms with Crippen molar-refractivity contribution >= 4 is 50.6 Å². The fourth-order valence-corrected chi connectivity index (χ4v) is 2.61. The van der Waals surface area contributed by atoms with E-state index in [4.69, 9.17) is 23.2 Å². The topological polar surface area (TPSA) is 29.0 Å². The van der Waals surface area contributed by atoms with E-state index in [1.807, 2.05) is 11.8 Å². The van der Waals surface area contributed by atoms with Gasteiger partial charge in [-0.05, 0) is 65.1 Å². The Kier molecular flexibility index (Phi) is 5.78. The summed E-state index contributed by atoms with van der Waals surface area (Å²) in [4.78, 5) is 10.0. The van der Waals surface area contributed by atoms with Crippen LogP contribution in [0.5, 0.6) is 0 Å². The molecule has 7 heteroatoms. The van der Waals surface area contributed by atoms with Crippen molar-refractivity contribution in [2.24, 2.45) is 0 Å². The molecule has 0 saturated heterocycles. The van der Waals surface area contributed by atoms with Crippen molar-refractivity contribution in [3.8, 4) is 0 Å². The lowest BCUT2D eigenvalue weighted by Gasteiger charge is -2.25. The van der Waals surface area contributed by atoms with Crippen LogP contribution >= 0.6 is 39.1 Å². The SMILES string of the molecule is C=C(C)CCN(c1ccc(F)cc1)c1nc(Cl)nc(Cl)c1Br. The first-order chi connectivity index (χ1) is 10.4. The molecule has 0 radical (unpaired) electrons. The first-order valence-corrected chi connectivity index (χ1v) is 7.99. The number of hydrogen-bond donors (Lipinski definition) is 0. The summed E-state index contributed by atoms with van der Waals surface area (Å²) in [6.45, 7) is 6.45. The van der Waals surface area contributed by atoms with Crippen LogP contribution in [0.25, 0.3) is 0 Å². The molecule has 0 unspecified atom stereocenters. The highest BCUT2D eigenvalue weighted by molar-refractivity contribution is 9.10. The first-order valence-electron chi connectivity index (χ1n) is 6.44. The molecule has 0 aliphatic heterocycles. The van der Waals surface area contributed by atoms with Gasteiger partial charge in [-0.1, -0.05) is 17.2 Å². The molecular weight excluding hydrogens is 392 g/mol. The third-order valence-electron chi connectivity index (χ3n) is 2.92. The monoisotopic (exact) mass is 403 g/mol. The van der Waals surface area contributed by atoms with E-state index in [-0.39, 0.29) is 16.3 Å². The summed E-state index contributed by atoms with van der Waals surface area (Å²) in [7, 11) is 0. The molecule has 116 valence electrons. The number of anilines is 2. The van der Waals surface area contributed by atoms with E-state index >= 15 is 0 Å². The van der Waals surface area contributed by atoms with Crippen LogP contribution in [-0.4, -0.2) is 16.5 Å². The van der Waals surface area contributed by atoms with E-state index in [9.17, 15) is 4.39 Å². The second-order valence-electron chi connectivity index (χ2n) is 4.76. The molecule has 2 aromatic rings. The third kappa shape index (κ3) is 4.18. The average Bonchev–Trinajstić information content (AvgIpc) is 2.45. The number of hydrogen-bond acceptors (Lipinski definition) is 3. The smallest absolute Gasteiger partial charge is 0.225 e. The van der Waals surface area contributed by atoms with Gasteiger partial charge in [-0.3, -0.25) is 0 Å². The molecule has 0 amide bonds. The maximum absolute atomic E-state index is 13.2. The largest absolute Gasteiger partial charge is 0.325 e. The zero-order valence-corrected chi connectivity index (χ0v) is 14.9. The lowest BCUT2D eigenvalue weighted by molar-refractivity contribution is 0.627. The summed E-state index contributed by atoms with van der Waals surface area (Å²) >= 11 is 15.3. The van der Waals surface area contributed by atoms with E-state index in [1.165, 1.54) is 12.1 Å². The van der Waals surface area contributed by atoms with Crippen LogP contribution in [0.1, 0.15) is 13.3 Å². The van der Waals surface area contributed by atoms with Gasteiger partial charge in [0.25, 0.3) is 0 Å². The zero-order valence-electron chi connectivity index (χ0n) is 11.8. The quantitative estimate of drug-likeness (QED) is 0.358. The maximum atomic E-state index is 13.2. The Bertz CT molecular complexity index is 692. The lowest BCUT2D eigenvalue weighted by Crippen LogP contribution is -2.21. The summed E-state index contributed by atoms with van der Waals surface area (Å²) < 4.78 is 13.7. The average molecular weight is 405 g/mol. The lowest BCUT2D eigenvalue weighted by atomic mass is 10.2. The molecule has 1 heterocycles. The number of benzene rings is 1. The number of aromatic nitrogens is 2. The Labute approximate surface area is 146 Å². The minimum absolute atomic E-state index is 0.0469. The molecule has 0 aliphatic carbocycles. The number of halogens is 4. The van der Waals surface area contributed by atoms with Crippen LogP contribution in [0.15, 0.2) is 40.9 Å². The normalized spacial score (nSPS) is 10.6. The van der Waals surface area contributed by atoms with Crippen LogP contribution in [-0.2, 0) is 0 Å². The Morgan fingerprint density at radius 2 is 1.91 bits per heavy atom. The van der Waals surface area contributed by atoms with E-state index in [0.29, 0.717) is 16.8 Å². The standard InChI is InChI=1S/C15H13BrCl2FN3/c1-9(2)7-8-22(11-5-3-10(19)4-6-11)14-12(16)13(17)20-15(18)21-14/h3-6H,1,7-8H2,2H3. The highest BCUT2D eigenvalue weighted by Gasteiger charge is 2.18. The molecule has 0 aliphatic rings. The van der Waals surface area contributed by atoms with E-state index in [2.05, 4.69) is 32.5 Å². The van der Waals surface area contributed by atoms with Crippen molar-refractivity contribution in [3.63, 3.8) is 0 Å². The Balaban J connectivity index is 2.48. The molecular formula is C15H13BrCl2FN3. The molecule has 22 heavy (non-hydrogen) atoms. The van der Waals surface area contributed by atoms with Gasteiger partial charge in [-0.2, -0.15) is 4.98 Å². The minimum Gasteiger partial charge on any atom is -0.325 e. The zero-order chi connectivity index (χ0) is 16.3. The van der Waals surface area contributed by atoms with E-state index in [0.717, 1.165) is 17.7 Å². The fourth-order valence-electron chi connectivity index (χ4n) is 1.84. The Morgan fingerprint density at radius 3 is 2.50 bits per heavy atom. The van der Waals surface area contributed by atoms with Gasteiger partial charge in [0.2, 0.25) is 5.28 Å². The molecule has 0 atom stereocenters. The van der Waals surface area contributed by atoms with Gasteiger partial charge in [-0.25, -0.2) is 9.37 Å². The molecule has 0 bridgehead atoms. The predicted molar refractivity (Wildman–Crippen MR) is 92.6 cm³/mol. The van der Waals surface area contributed by atoms with Crippen molar-refractivity contribution in [2.45, 2.75) is 13.3 Å². The summed E-state index contributed by atoms with van der Waals surface area (Å²) in [5, 5.41) is 0.267. The summed E-state index contributed by atoms with van der Waals surface area (Å²) in [5.41, 5.74) is 1.80. The van der Waals surface area contributed by atoms with Crippen molar-refractivity contribution < 1.29 is 4.39 Å². The second kappa shape index (κ2) is 7.40. The van der Waals surface area contributed by atoms with Crippen LogP contribution in [0.3, 0.4) is 0 Å². The van der Waals surface area contributed by atoms with Crippen LogP contribution in [0.2, 0.25) is 10.4 Å². The molecule has 0 fully saturated rings. The highest BCUT2D eigenvalue weighted by atomic mass is 79.9. The Hall–Kier alpha value is -1.17. The molecule has 1 aromatic heterocycles. The maximum Gasteiger partial charge on any atom is 0.225 e. The van der Waals surface area contributed by atoms with Gasteiger partial charge < -0.3 is 4.90 Å². The van der Waals surface area contributed by atoms with Gasteiger partial charge in [0.05, 0.1) is 4.47 Å². The minimum atomic E-state index is -0.304. The van der Waals surface area contributed by atoms with Gasteiger partial charge in [0, 0.05) is 12.2 Å². The summed E-state index contributed by atoms with van der Waals surface area (Å²) in [5.74, 6) is 0.222. The molecule has 3 nitrogen and oxygen atoms in total. The van der Waals surface area contributed by atoms with Gasteiger partial charge in [-0.15, -0.1) is 6.58 Å². The fraction of sp³-hybridized carbons (Fsp3) is 0.200. The predicted octanol–water partition coefficient (Wildman–Crippen LogP) is 5.79. The number of nitrogens with zero attached hydrogens (tertiary/aromatic N) is 3. The molecule has 0 spiro atoms.